The lowest BCUT2D eigenvalue weighted by molar-refractivity contribution is -0.159. The Labute approximate surface area is 126 Å². The molecule has 7 nitrogen and oxygen atoms in total. The zero-order valence-corrected chi connectivity index (χ0v) is 14.7. The highest BCUT2D eigenvalue weighted by molar-refractivity contribution is 7.56. The maximum atomic E-state index is 12.1. The minimum atomic E-state index is -3.28. The monoisotopic (exact) mass is 323 g/mol. The molecule has 0 saturated heterocycles. The summed E-state index contributed by atoms with van der Waals surface area (Å²) in [5.41, 5.74) is -0.664. The van der Waals surface area contributed by atoms with Gasteiger partial charge in [-0.2, -0.15) is 0 Å². The quantitative estimate of drug-likeness (QED) is 0.436. The number of carbonyl (C=O) groups excluding carboxylic acids is 2. The zero-order valence-electron chi connectivity index (χ0n) is 13.8. The van der Waals surface area contributed by atoms with Crippen molar-refractivity contribution in [2.24, 2.45) is 5.41 Å². The molecular weight excluding hydrogens is 297 g/mol. The maximum Gasteiger partial charge on any atom is 0.323 e. The molecule has 0 aromatic heterocycles. The van der Waals surface area contributed by atoms with Crippen LogP contribution in [0.25, 0.3) is 0 Å². The van der Waals surface area contributed by atoms with Crippen LogP contribution in [0.3, 0.4) is 0 Å². The summed E-state index contributed by atoms with van der Waals surface area (Å²) in [6.45, 7) is 10.9. The second-order valence-electron chi connectivity index (χ2n) is 6.11. The van der Waals surface area contributed by atoms with Gasteiger partial charge in [-0.05, 0) is 41.5 Å². The molecule has 8 heteroatoms. The fraction of sp³-hybridized carbons (Fsp3) is 0.846. The first kappa shape index (κ1) is 20.1. The van der Waals surface area contributed by atoms with E-state index in [0.717, 1.165) is 0 Å². The molecule has 0 radical (unpaired) electrons. The van der Waals surface area contributed by atoms with E-state index in [1.807, 2.05) is 0 Å². The minimum Gasteiger partial charge on any atom is -0.462 e. The first-order valence-electron chi connectivity index (χ1n) is 6.72. The van der Waals surface area contributed by atoms with Gasteiger partial charge in [-0.1, -0.05) is 0 Å². The Morgan fingerprint density at radius 2 is 1.71 bits per heavy atom. The molecule has 2 atom stereocenters. The Balaban J connectivity index is 4.29. The van der Waals surface area contributed by atoms with Gasteiger partial charge in [-0.25, -0.2) is 5.09 Å². The van der Waals surface area contributed by atoms with Crippen LogP contribution in [0.5, 0.6) is 0 Å². The van der Waals surface area contributed by atoms with Crippen LogP contribution in [0.4, 0.5) is 0 Å². The van der Waals surface area contributed by atoms with E-state index in [1.165, 1.54) is 13.6 Å². The van der Waals surface area contributed by atoms with Crippen molar-refractivity contribution in [1.82, 2.24) is 5.09 Å². The molecule has 0 aliphatic carbocycles. The maximum absolute atomic E-state index is 12.1. The van der Waals surface area contributed by atoms with Crippen LogP contribution in [0.1, 0.15) is 41.5 Å². The smallest absolute Gasteiger partial charge is 0.323 e. The third-order valence-corrected chi connectivity index (χ3v) is 3.69. The van der Waals surface area contributed by atoms with Gasteiger partial charge in [-0.3, -0.25) is 18.7 Å². The summed E-state index contributed by atoms with van der Waals surface area (Å²) in [6, 6.07) is -0.790. The molecule has 0 bridgehead atoms. The third kappa shape index (κ3) is 8.86. The molecule has 21 heavy (non-hydrogen) atoms. The summed E-state index contributed by atoms with van der Waals surface area (Å²) in [5.74, 6) is -0.989. The van der Waals surface area contributed by atoms with E-state index in [1.54, 1.807) is 34.6 Å². The molecular formula is C13H26NO6P. The van der Waals surface area contributed by atoms with Gasteiger partial charge in [-0.15, -0.1) is 0 Å². The second-order valence-corrected chi connectivity index (χ2v) is 8.32. The predicted molar refractivity (Wildman–Crippen MR) is 78.9 cm³/mol. The number of ether oxygens (including phenoxy) is 2. The van der Waals surface area contributed by atoms with Crippen LogP contribution in [0.15, 0.2) is 0 Å². The molecule has 0 aliphatic rings. The van der Waals surface area contributed by atoms with Crippen molar-refractivity contribution in [2.45, 2.75) is 53.7 Å². The number of hydrogen-bond acceptors (Lipinski definition) is 6. The van der Waals surface area contributed by atoms with Crippen molar-refractivity contribution in [3.05, 3.63) is 0 Å². The van der Waals surface area contributed by atoms with E-state index in [0.29, 0.717) is 0 Å². The van der Waals surface area contributed by atoms with Gasteiger partial charge in [0.2, 0.25) is 0 Å². The molecule has 0 aromatic rings. The number of esters is 2. The van der Waals surface area contributed by atoms with E-state index < -0.39 is 37.7 Å². The van der Waals surface area contributed by atoms with E-state index in [2.05, 4.69) is 5.09 Å². The van der Waals surface area contributed by atoms with Gasteiger partial charge in [0, 0.05) is 6.66 Å². The summed E-state index contributed by atoms with van der Waals surface area (Å²) in [6.07, 6.45) is -0.258. The van der Waals surface area contributed by atoms with Crippen LogP contribution in [0.2, 0.25) is 0 Å². The largest absolute Gasteiger partial charge is 0.462 e. The highest BCUT2D eigenvalue weighted by atomic mass is 31.2. The van der Waals surface area contributed by atoms with E-state index >= 15 is 0 Å². The lowest BCUT2D eigenvalue weighted by Gasteiger charge is -2.21. The van der Waals surface area contributed by atoms with E-state index in [4.69, 9.17) is 14.0 Å². The number of rotatable bonds is 7. The first-order valence-corrected chi connectivity index (χ1v) is 8.80. The van der Waals surface area contributed by atoms with Gasteiger partial charge >= 0.3 is 11.9 Å². The summed E-state index contributed by atoms with van der Waals surface area (Å²) in [4.78, 5) is 23.1. The van der Waals surface area contributed by atoms with E-state index in [-0.39, 0.29) is 6.10 Å². The normalized spacial score (nSPS) is 16.2. The average molecular weight is 323 g/mol. The van der Waals surface area contributed by atoms with Crippen molar-refractivity contribution in [1.29, 1.82) is 0 Å². The first-order chi connectivity index (χ1) is 9.35. The second kappa shape index (κ2) is 7.92. The summed E-state index contributed by atoms with van der Waals surface area (Å²) >= 11 is 0. The number of carbonyl (C=O) groups is 2. The molecule has 0 fully saturated rings. The lowest BCUT2D eigenvalue weighted by Crippen LogP contribution is -2.35. The molecule has 0 aromatic carbocycles. The Kier molecular flexibility index (Phi) is 7.57. The topological polar surface area (TPSA) is 90.9 Å². The Morgan fingerprint density at radius 1 is 1.19 bits per heavy atom. The van der Waals surface area contributed by atoms with E-state index in [9.17, 15) is 14.2 Å². The number of hydrogen-bond donors (Lipinski definition) is 1. The van der Waals surface area contributed by atoms with Gasteiger partial charge in [0.1, 0.15) is 6.04 Å². The fourth-order valence-corrected chi connectivity index (χ4v) is 2.31. The van der Waals surface area contributed by atoms with Crippen molar-refractivity contribution < 1.29 is 28.2 Å². The molecule has 0 aliphatic heterocycles. The average Bonchev–Trinajstić information content (AvgIpc) is 2.25. The molecule has 0 saturated carbocycles. The van der Waals surface area contributed by atoms with Crippen LogP contribution < -0.4 is 5.09 Å². The molecule has 0 spiro atoms. The molecule has 124 valence electrons. The Bertz CT molecular complexity index is 415. The summed E-state index contributed by atoms with van der Waals surface area (Å²) in [5, 5.41) is 2.54. The highest BCUT2D eigenvalue weighted by Crippen LogP contribution is 2.38. The van der Waals surface area contributed by atoms with Crippen LogP contribution in [0, 0.1) is 5.41 Å². The summed E-state index contributed by atoms with van der Waals surface area (Å²) in [7, 11) is -3.28. The molecule has 0 rings (SSSR count). The predicted octanol–water partition coefficient (Wildman–Crippen LogP) is 2.30. The molecule has 1 unspecified atom stereocenters. The van der Waals surface area contributed by atoms with Gasteiger partial charge in [0.05, 0.1) is 11.5 Å². The molecule has 0 amide bonds. The van der Waals surface area contributed by atoms with Crippen molar-refractivity contribution >= 4 is 19.5 Å². The van der Waals surface area contributed by atoms with Gasteiger partial charge < -0.3 is 9.47 Å². The standard InChI is InChI=1S/C13H26NO6P/c1-9(2)20-11(15)10(3)14-21(7,17)19-8-18-12(16)13(4,5)6/h9-10H,8H2,1-7H3,(H,14,17)/t10-,21?/m0/s1. The van der Waals surface area contributed by atoms with Crippen molar-refractivity contribution in [2.75, 3.05) is 13.5 Å². The summed E-state index contributed by atoms with van der Waals surface area (Å²) < 4.78 is 27.0. The fourth-order valence-electron chi connectivity index (χ4n) is 1.17. The Hall–Kier alpha value is -0.910. The molecule has 0 heterocycles. The van der Waals surface area contributed by atoms with Crippen LogP contribution in [-0.2, 0) is 28.2 Å². The minimum absolute atomic E-state index is 0.258. The zero-order chi connectivity index (χ0) is 16.8. The van der Waals surface area contributed by atoms with Crippen LogP contribution in [-0.4, -0.2) is 37.5 Å². The van der Waals surface area contributed by atoms with Crippen LogP contribution >= 0.6 is 7.52 Å². The van der Waals surface area contributed by atoms with Gasteiger partial charge in [0.25, 0.3) is 7.52 Å². The van der Waals surface area contributed by atoms with Gasteiger partial charge in [0.15, 0.2) is 6.79 Å². The molecule has 1 N–H and O–H groups in total. The third-order valence-electron chi connectivity index (χ3n) is 2.24. The number of nitrogens with one attached hydrogen (secondary N) is 1. The lowest BCUT2D eigenvalue weighted by atomic mass is 9.98. The van der Waals surface area contributed by atoms with Crippen molar-refractivity contribution in [3.63, 3.8) is 0 Å². The van der Waals surface area contributed by atoms with Crippen molar-refractivity contribution in [3.8, 4) is 0 Å². The SMILES string of the molecule is CC(C)OC(=O)[C@H](C)NP(C)(=O)OCOC(=O)C(C)(C)C. The highest BCUT2D eigenvalue weighted by Gasteiger charge is 2.27. The Morgan fingerprint density at radius 3 is 2.14 bits per heavy atom.